The van der Waals surface area contributed by atoms with E-state index in [-0.39, 0.29) is 5.91 Å². The van der Waals surface area contributed by atoms with Crippen LogP contribution < -0.4 is 10.6 Å². The highest BCUT2D eigenvalue weighted by molar-refractivity contribution is 5.76. The minimum atomic E-state index is 0.0973. The summed E-state index contributed by atoms with van der Waals surface area (Å²) in [6.45, 7) is 6.63. The lowest BCUT2D eigenvalue weighted by Crippen LogP contribution is -2.33. The Morgan fingerprint density at radius 1 is 1.58 bits per heavy atom. The van der Waals surface area contributed by atoms with Gasteiger partial charge in [0.15, 0.2) is 5.76 Å². The Labute approximate surface area is 114 Å². The molecule has 19 heavy (non-hydrogen) atoms. The van der Waals surface area contributed by atoms with E-state index in [1.54, 1.807) is 0 Å². The highest BCUT2D eigenvalue weighted by Gasteiger charge is 2.21. The van der Waals surface area contributed by atoms with E-state index >= 15 is 0 Å². The number of aryl methyl sites for hydroxylation is 1. The second-order valence-corrected chi connectivity index (χ2v) is 5.48. The molecule has 0 aliphatic carbocycles. The lowest BCUT2D eigenvalue weighted by atomic mass is 9.84. The van der Waals surface area contributed by atoms with Crippen LogP contribution in [-0.4, -0.2) is 24.2 Å². The molecule has 1 aliphatic rings. The van der Waals surface area contributed by atoms with Crippen molar-refractivity contribution in [2.45, 2.75) is 39.7 Å². The molecule has 2 N–H and O–H groups in total. The number of nitrogens with one attached hydrogen (secondary N) is 2. The fourth-order valence-electron chi connectivity index (χ4n) is 2.63. The molecule has 2 rings (SSSR count). The third-order valence-electron chi connectivity index (χ3n) is 3.83. The van der Waals surface area contributed by atoms with Gasteiger partial charge < -0.3 is 15.2 Å². The Hall–Kier alpha value is -1.36. The summed E-state index contributed by atoms with van der Waals surface area (Å²) in [6.07, 6.45) is 2.95. The lowest BCUT2D eigenvalue weighted by molar-refractivity contribution is -0.122. The SMILES string of the molecule is Cc1cc(CNC(=O)CC(C)C2CCNCC2)on1. The second-order valence-electron chi connectivity index (χ2n) is 5.48. The zero-order chi connectivity index (χ0) is 13.7. The standard InChI is InChI=1S/C14H23N3O2/c1-10(12-3-5-15-6-4-12)7-14(18)16-9-13-8-11(2)17-19-13/h8,10,12,15H,3-7,9H2,1-2H3,(H,16,18). The third kappa shape index (κ3) is 4.35. The van der Waals surface area contributed by atoms with Crippen LogP contribution in [0.1, 0.15) is 37.6 Å². The number of hydrogen-bond acceptors (Lipinski definition) is 4. The summed E-state index contributed by atoms with van der Waals surface area (Å²) in [4.78, 5) is 11.9. The Bertz CT molecular complexity index is 411. The molecule has 1 fully saturated rings. The van der Waals surface area contributed by atoms with E-state index in [0.717, 1.165) is 18.8 Å². The molecule has 1 amide bonds. The number of aromatic nitrogens is 1. The molecule has 1 unspecified atom stereocenters. The first-order valence-electron chi connectivity index (χ1n) is 7.04. The van der Waals surface area contributed by atoms with E-state index < -0.39 is 0 Å². The van der Waals surface area contributed by atoms with Crippen LogP contribution in [0, 0.1) is 18.8 Å². The van der Waals surface area contributed by atoms with Crippen molar-refractivity contribution in [2.24, 2.45) is 11.8 Å². The van der Waals surface area contributed by atoms with Crippen LogP contribution in [0.3, 0.4) is 0 Å². The molecule has 1 atom stereocenters. The lowest BCUT2D eigenvalue weighted by Gasteiger charge is -2.27. The molecule has 5 nitrogen and oxygen atoms in total. The van der Waals surface area contributed by atoms with E-state index in [1.807, 2.05) is 13.0 Å². The molecule has 1 saturated heterocycles. The monoisotopic (exact) mass is 265 g/mol. The number of carbonyl (C=O) groups is 1. The minimum Gasteiger partial charge on any atom is -0.359 e. The zero-order valence-electron chi connectivity index (χ0n) is 11.7. The van der Waals surface area contributed by atoms with Crippen LogP contribution >= 0.6 is 0 Å². The van der Waals surface area contributed by atoms with Crippen LogP contribution in [0.2, 0.25) is 0 Å². The summed E-state index contributed by atoms with van der Waals surface area (Å²) in [7, 11) is 0. The van der Waals surface area contributed by atoms with E-state index in [4.69, 9.17) is 4.52 Å². The molecule has 106 valence electrons. The van der Waals surface area contributed by atoms with Gasteiger partial charge in [0.1, 0.15) is 0 Å². The number of piperidine rings is 1. The van der Waals surface area contributed by atoms with Crippen LogP contribution in [0.4, 0.5) is 0 Å². The van der Waals surface area contributed by atoms with Crippen molar-refractivity contribution in [2.75, 3.05) is 13.1 Å². The molecule has 2 heterocycles. The average molecular weight is 265 g/mol. The molecule has 0 bridgehead atoms. The van der Waals surface area contributed by atoms with Crippen LogP contribution in [0.25, 0.3) is 0 Å². The van der Waals surface area contributed by atoms with Gasteiger partial charge in [0, 0.05) is 12.5 Å². The maximum absolute atomic E-state index is 11.9. The van der Waals surface area contributed by atoms with Crippen molar-refractivity contribution >= 4 is 5.91 Å². The van der Waals surface area contributed by atoms with E-state index in [2.05, 4.69) is 22.7 Å². The van der Waals surface area contributed by atoms with Gasteiger partial charge in [-0.3, -0.25) is 4.79 Å². The predicted molar refractivity (Wildman–Crippen MR) is 72.5 cm³/mol. The van der Waals surface area contributed by atoms with Crippen molar-refractivity contribution in [3.05, 3.63) is 17.5 Å². The molecule has 1 aromatic rings. The molecule has 0 radical (unpaired) electrons. The minimum absolute atomic E-state index is 0.0973. The zero-order valence-corrected chi connectivity index (χ0v) is 11.7. The summed E-state index contributed by atoms with van der Waals surface area (Å²) in [5, 5.41) is 10.0. The summed E-state index contributed by atoms with van der Waals surface area (Å²) >= 11 is 0. The van der Waals surface area contributed by atoms with Gasteiger partial charge in [-0.1, -0.05) is 12.1 Å². The number of hydrogen-bond donors (Lipinski definition) is 2. The van der Waals surface area contributed by atoms with E-state index in [1.165, 1.54) is 12.8 Å². The van der Waals surface area contributed by atoms with Gasteiger partial charge in [-0.15, -0.1) is 0 Å². The highest BCUT2D eigenvalue weighted by Crippen LogP contribution is 2.24. The molecule has 1 aliphatic heterocycles. The third-order valence-corrected chi connectivity index (χ3v) is 3.83. The fourth-order valence-corrected chi connectivity index (χ4v) is 2.63. The predicted octanol–water partition coefficient (Wildman–Crippen LogP) is 1.63. The molecule has 0 aromatic carbocycles. The highest BCUT2D eigenvalue weighted by atomic mass is 16.5. The molecular weight excluding hydrogens is 242 g/mol. The molecule has 5 heteroatoms. The summed E-state index contributed by atoms with van der Waals surface area (Å²) in [5.41, 5.74) is 0.840. The molecular formula is C14H23N3O2. The molecule has 0 saturated carbocycles. The number of carbonyl (C=O) groups excluding carboxylic acids is 1. The average Bonchev–Trinajstić information content (AvgIpc) is 2.83. The first-order valence-corrected chi connectivity index (χ1v) is 7.04. The van der Waals surface area contributed by atoms with Gasteiger partial charge in [-0.25, -0.2) is 0 Å². The summed E-state index contributed by atoms with van der Waals surface area (Å²) < 4.78 is 5.06. The van der Waals surface area contributed by atoms with Gasteiger partial charge in [0.25, 0.3) is 0 Å². The Kier molecular flexibility index (Phi) is 4.96. The fraction of sp³-hybridized carbons (Fsp3) is 0.714. The Balaban J connectivity index is 1.71. The molecule has 0 spiro atoms. The van der Waals surface area contributed by atoms with Gasteiger partial charge >= 0.3 is 0 Å². The summed E-state index contributed by atoms with van der Waals surface area (Å²) in [6, 6.07) is 1.84. The first-order chi connectivity index (χ1) is 9.15. The van der Waals surface area contributed by atoms with Crippen LogP contribution in [0.5, 0.6) is 0 Å². The topological polar surface area (TPSA) is 67.2 Å². The summed E-state index contributed by atoms with van der Waals surface area (Å²) in [5.74, 6) is 1.92. The number of rotatable bonds is 5. The van der Waals surface area contributed by atoms with Crippen molar-refractivity contribution in [1.82, 2.24) is 15.8 Å². The maximum Gasteiger partial charge on any atom is 0.220 e. The second kappa shape index (κ2) is 6.70. The van der Waals surface area contributed by atoms with Gasteiger partial charge in [0.2, 0.25) is 5.91 Å². The maximum atomic E-state index is 11.9. The number of nitrogens with zero attached hydrogens (tertiary/aromatic N) is 1. The molecule has 1 aromatic heterocycles. The van der Waals surface area contributed by atoms with Gasteiger partial charge in [-0.05, 0) is 44.7 Å². The van der Waals surface area contributed by atoms with Crippen LogP contribution in [0.15, 0.2) is 10.6 Å². The van der Waals surface area contributed by atoms with Gasteiger partial charge in [-0.2, -0.15) is 0 Å². The quantitative estimate of drug-likeness (QED) is 0.849. The van der Waals surface area contributed by atoms with E-state index in [9.17, 15) is 4.79 Å². The van der Waals surface area contributed by atoms with Crippen molar-refractivity contribution in [3.63, 3.8) is 0 Å². The Morgan fingerprint density at radius 3 is 2.95 bits per heavy atom. The Morgan fingerprint density at radius 2 is 2.32 bits per heavy atom. The van der Waals surface area contributed by atoms with Crippen molar-refractivity contribution in [1.29, 1.82) is 0 Å². The van der Waals surface area contributed by atoms with Crippen LogP contribution in [-0.2, 0) is 11.3 Å². The van der Waals surface area contributed by atoms with Crippen molar-refractivity contribution in [3.8, 4) is 0 Å². The number of amides is 1. The van der Waals surface area contributed by atoms with Gasteiger partial charge in [0.05, 0.1) is 12.2 Å². The smallest absolute Gasteiger partial charge is 0.220 e. The normalized spacial score (nSPS) is 18.2. The van der Waals surface area contributed by atoms with Crippen molar-refractivity contribution < 1.29 is 9.32 Å². The first kappa shape index (κ1) is 14.1. The van der Waals surface area contributed by atoms with E-state index in [0.29, 0.717) is 30.6 Å². The largest absolute Gasteiger partial charge is 0.359 e.